The van der Waals surface area contributed by atoms with Crippen LogP contribution in [0.15, 0.2) is 36.5 Å². The molecule has 0 saturated heterocycles. The molecule has 1 aromatic carbocycles. The lowest BCUT2D eigenvalue weighted by molar-refractivity contribution is -0.119. The van der Waals surface area contributed by atoms with E-state index < -0.39 is 30.1 Å². The molecule has 0 fully saturated rings. The molecule has 1 amide bonds. The maximum absolute atomic E-state index is 13.3. The zero-order valence-corrected chi connectivity index (χ0v) is 11.7. The third-order valence-corrected chi connectivity index (χ3v) is 2.82. The minimum atomic E-state index is -0.854. The number of aromatic nitrogens is 1. The first kappa shape index (κ1) is 15.8. The molecule has 2 aromatic rings. The van der Waals surface area contributed by atoms with Gasteiger partial charge in [0.1, 0.15) is 16.8 Å². The van der Waals surface area contributed by atoms with Gasteiger partial charge in [0, 0.05) is 12.3 Å². The van der Waals surface area contributed by atoms with Crippen molar-refractivity contribution >= 4 is 29.2 Å². The number of nitrogens with one attached hydrogen (secondary N) is 1. The molecular weight excluding hydrogens is 318 g/mol. The van der Waals surface area contributed by atoms with Crippen molar-refractivity contribution in [1.82, 2.24) is 4.98 Å². The van der Waals surface area contributed by atoms with Gasteiger partial charge in [0.05, 0.1) is 11.3 Å². The summed E-state index contributed by atoms with van der Waals surface area (Å²) in [6, 6.07) is 5.45. The quantitative estimate of drug-likeness (QED) is 0.693. The van der Waals surface area contributed by atoms with Gasteiger partial charge in [0.15, 0.2) is 6.61 Å². The second-order valence-corrected chi connectivity index (χ2v) is 4.45. The zero-order valence-electron chi connectivity index (χ0n) is 11.0. The summed E-state index contributed by atoms with van der Waals surface area (Å²) in [4.78, 5) is 26.9. The topological polar surface area (TPSA) is 68.3 Å². The molecule has 1 aromatic heterocycles. The lowest BCUT2D eigenvalue weighted by Gasteiger charge is -2.08. The maximum Gasteiger partial charge on any atom is 0.341 e. The highest BCUT2D eigenvalue weighted by atomic mass is 35.5. The number of carbonyl (C=O) groups is 2. The fourth-order valence-electron chi connectivity index (χ4n) is 1.53. The number of carbonyl (C=O) groups excluding carboxylic acids is 2. The van der Waals surface area contributed by atoms with Gasteiger partial charge in [0.25, 0.3) is 5.91 Å². The Balaban J connectivity index is 1.94. The van der Waals surface area contributed by atoms with E-state index in [1.54, 1.807) is 0 Å². The van der Waals surface area contributed by atoms with Crippen LogP contribution in [0.25, 0.3) is 0 Å². The molecule has 0 atom stereocenters. The van der Waals surface area contributed by atoms with Crippen molar-refractivity contribution in [3.05, 3.63) is 58.9 Å². The van der Waals surface area contributed by atoms with Crippen LogP contribution in [0.4, 0.5) is 14.5 Å². The summed E-state index contributed by atoms with van der Waals surface area (Å²) in [7, 11) is 0. The summed E-state index contributed by atoms with van der Waals surface area (Å²) < 4.78 is 31.0. The predicted octanol–water partition coefficient (Wildman–Crippen LogP) is 2.81. The van der Waals surface area contributed by atoms with Gasteiger partial charge in [-0.1, -0.05) is 11.6 Å². The number of hydrogen-bond donors (Lipinski definition) is 1. The SMILES string of the molecule is O=C(COC(=O)c1cccnc1Cl)Nc1cc(F)ccc1F. The molecule has 8 heteroatoms. The van der Waals surface area contributed by atoms with E-state index in [1.807, 2.05) is 0 Å². The van der Waals surface area contributed by atoms with E-state index in [-0.39, 0.29) is 16.4 Å². The molecule has 0 bridgehead atoms. The van der Waals surface area contributed by atoms with Crippen LogP contribution >= 0.6 is 11.6 Å². The normalized spacial score (nSPS) is 10.1. The highest BCUT2D eigenvalue weighted by molar-refractivity contribution is 6.32. The Morgan fingerprint density at radius 1 is 1.27 bits per heavy atom. The minimum absolute atomic E-state index is 0.00565. The van der Waals surface area contributed by atoms with Gasteiger partial charge < -0.3 is 10.1 Å². The second kappa shape index (κ2) is 6.95. The van der Waals surface area contributed by atoms with Crippen LogP contribution in [0.5, 0.6) is 0 Å². The van der Waals surface area contributed by atoms with Crippen LogP contribution in [0.2, 0.25) is 5.15 Å². The molecule has 0 radical (unpaired) electrons. The Labute approximate surface area is 128 Å². The molecule has 0 aliphatic carbocycles. The number of esters is 1. The van der Waals surface area contributed by atoms with Gasteiger partial charge in [-0.25, -0.2) is 18.6 Å². The standard InChI is InChI=1S/C14H9ClF2N2O3/c15-13-9(2-1-5-18-13)14(21)22-7-12(20)19-11-6-8(16)3-4-10(11)17/h1-6H,7H2,(H,19,20). The van der Waals surface area contributed by atoms with Crippen molar-refractivity contribution in [2.45, 2.75) is 0 Å². The lowest BCUT2D eigenvalue weighted by atomic mass is 10.3. The maximum atomic E-state index is 13.3. The van der Waals surface area contributed by atoms with Crippen LogP contribution in [0, 0.1) is 11.6 Å². The fraction of sp³-hybridized carbons (Fsp3) is 0.0714. The van der Waals surface area contributed by atoms with Crippen LogP contribution in [0.3, 0.4) is 0 Å². The monoisotopic (exact) mass is 326 g/mol. The van der Waals surface area contributed by atoms with Crippen LogP contribution in [-0.2, 0) is 9.53 Å². The Morgan fingerprint density at radius 3 is 2.77 bits per heavy atom. The van der Waals surface area contributed by atoms with Crippen molar-refractivity contribution in [3.63, 3.8) is 0 Å². The van der Waals surface area contributed by atoms with Crippen LogP contribution < -0.4 is 5.32 Å². The smallest absolute Gasteiger partial charge is 0.341 e. The number of ether oxygens (including phenoxy) is 1. The van der Waals surface area contributed by atoms with Crippen molar-refractivity contribution in [1.29, 1.82) is 0 Å². The van der Waals surface area contributed by atoms with Crippen molar-refractivity contribution in [3.8, 4) is 0 Å². The van der Waals surface area contributed by atoms with Gasteiger partial charge >= 0.3 is 5.97 Å². The summed E-state index contributed by atoms with van der Waals surface area (Å²) in [5, 5.41) is 2.03. The second-order valence-electron chi connectivity index (χ2n) is 4.09. The Hall–Kier alpha value is -2.54. The fourth-order valence-corrected chi connectivity index (χ4v) is 1.72. The molecule has 0 unspecified atom stereocenters. The van der Waals surface area contributed by atoms with E-state index >= 15 is 0 Å². The molecule has 1 N–H and O–H groups in total. The number of rotatable bonds is 4. The number of halogens is 3. The largest absolute Gasteiger partial charge is 0.452 e. The average molecular weight is 327 g/mol. The zero-order chi connectivity index (χ0) is 16.1. The summed E-state index contributed by atoms with van der Waals surface area (Å²) in [6.45, 7) is -0.681. The van der Waals surface area contributed by atoms with Gasteiger partial charge in [-0.05, 0) is 24.3 Å². The number of nitrogens with zero attached hydrogens (tertiary/aromatic N) is 1. The van der Waals surface area contributed by atoms with E-state index in [0.29, 0.717) is 0 Å². The van der Waals surface area contributed by atoms with Gasteiger partial charge in [-0.2, -0.15) is 0 Å². The first-order chi connectivity index (χ1) is 10.5. The third kappa shape index (κ3) is 3.98. The molecule has 22 heavy (non-hydrogen) atoms. The first-order valence-corrected chi connectivity index (χ1v) is 6.37. The number of pyridine rings is 1. The van der Waals surface area contributed by atoms with E-state index in [2.05, 4.69) is 10.3 Å². The molecule has 0 saturated carbocycles. The predicted molar refractivity (Wildman–Crippen MR) is 74.5 cm³/mol. The average Bonchev–Trinajstić information content (AvgIpc) is 2.49. The lowest BCUT2D eigenvalue weighted by Crippen LogP contribution is -2.21. The van der Waals surface area contributed by atoms with E-state index in [1.165, 1.54) is 18.3 Å². The molecule has 0 spiro atoms. The van der Waals surface area contributed by atoms with Gasteiger partial charge in [0.2, 0.25) is 0 Å². The molecular formula is C14H9ClF2N2O3. The Kier molecular flexibility index (Phi) is 5.00. The molecule has 1 heterocycles. The number of benzene rings is 1. The van der Waals surface area contributed by atoms with Crippen LogP contribution in [-0.4, -0.2) is 23.5 Å². The van der Waals surface area contributed by atoms with Gasteiger partial charge in [-0.3, -0.25) is 4.79 Å². The molecule has 0 aliphatic heterocycles. The molecule has 2 rings (SSSR count). The number of anilines is 1. The van der Waals surface area contributed by atoms with Crippen molar-refractivity contribution < 1.29 is 23.1 Å². The Bertz CT molecular complexity index is 725. The van der Waals surface area contributed by atoms with Crippen molar-refractivity contribution in [2.24, 2.45) is 0 Å². The summed E-state index contributed by atoms with van der Waals surface area (Å²) in [5.41, 5.74) is -0.352. The van der Waals surface area contributed by atoms with Gasteiger partial charge in [-0.15, -0.1) is 0 Å². The van der Waals surface area contributed by atoms with E-state index in [4.69, 9.17) is 16.3 Å². The van der Waals surface area contributed by atoms with Crippen molar-refractivity contribution in [2.75, 3.05) is 11.9 Å². The first-order valence-electron chi connectivity index (χ1n) is 6.00. The van der Waals surface area contributed by atoms with E-state index in [0.717, 1.165) is 18.2 Å². The summed E-state index contributed by atoms with van der Waals surface area (Å²) >= 11 is 5.70. The molecule has 0 aliphatic rings. The number of hydrogen-bond acceptors (Lipinski definition) is 4. The molecule has 5 nitrogen and oxygen atoms in total. The third-order valence-electron chi connectivity index (χ3n) is 2.52. The highest BCUT2D eigenvalue weighted by Gasteiger charge is 2.15. The van der Waals surface area contributed by atoms with Crippen LogP contribution in [0.1, 0.15) is 10.4 Å². The minimum Gasteiger partial charge on any atom is -0.452 e. The summed E-state index contributed by atoms with van der Waals surface area (Å²) in [6.07, 6.45) is 1.39. The summed E-state index contributed by atoms with van der Waals surface area (Å²) in [5.74, 6) is -3.20. The molecule has 114 valence electrons. The van der Waals surface area contributed by atoms with E-state index in [9.17, 15) is 18.4 Å². The Morgan fingerprint density at radius 2 is 2.05 bits per heavy atom. The highest BCUT2D eigenvalue weighted by Crippen LogP contribution is 2.15. The number of amides is 1.